The molecule has 2 aromatic heterocycles. The summed E-state index contributed by atoms with van der Waals surface area (Å²) in [7, 11) is 0. The second kappa shape index (κ2) is 4.31. The fraction of sp³-hybridized carbons (Fsp3) is 0.100. The lowest BCUT2D eigenvalue weighted by Crippen LogP contribution is -2.08. The highest BCUT2D eigenvalue weighted by Crippen LogP contribution is 2.28. The van der Waals surface area contributed by atoms with E-state index < -0.39 is 11.8 Å². The van der Waals surface area contributed by atoms with E-state index in [2.05, 4.69) is 9.97 Å². The van der Waals surface area contributed by atoms with E-state index >= 15 is 0 Å². The van der Waals surface area contributed by atoms with Gasteiger partial charge in [-0.05, 0) is 18.6 Å². The van der Waals surface area contributed by atoms with Gasteiger partial charge >= 0.3 is 5.97 Å². The number of imidazole rings is 1. The normalized spacial score (nSPS) is 10.5. The molecule has 0 aliphatic heterocycles. The van der Waals surface area contributed by atoms with Crippen LogP contribution in [-0.4, -0.2) is 26.8 Å². The van der Waals surface area contributed by atoms with Crippen molar-refractivity contribution in [3.8, 4) is 0 Å². The van der Waals surface area contributed by atoms with Gasteiger partial charge in [-0.15, -0.1) is 11.3 Å². The van der Waals surface area contributed by atoms with Crippen LogP contribution in [0.3, 0.4) is 0 Å². The van der Waals surface area contributed by atoms with Crippen molar-refractivity contribution in [3.05, 3.63) is 38.6 Å². The molecule has 0 unspecified atom stereocenters. The van der Waals surface area contributed by atoms with Crippen LogP contribution in [0, 0.1) is 6.92 Å². The van der Waals surface area contributed by atoms with E-state index in [4.69, 9.17) is 16.7 Å². The number of aromatic carboxylic acids is 1. The third kappa shape index (κ3) is 2.09. The van der Waals surface area contributed by atoms with E-state index in [1.165, 1.54) is 6.33 Å². The van der Waals surface area contributed by atoms with Crippen molar-refractivity contribution in [2.24, 2.45) is 0 Å². The Bertz CT molecular complexity index is 583. The minimum atomic E-state index is -1.22. The van der Waals surface area contributed by atoms with Crippen LogP contribution in [0.2, 0.25) is 4.34 Å². The van der Waals surface area contributed by atoms with Crippen LogP contribution >= 0.6 is 22.9 Å². The summed E-state index contributed by atoms with van der Waals surface area (Å²) in [4.78, 5) is 29.4. The number of hydrogen-bond donors (Lipinski definition) is 2. The number of H-pyrrole nitrogens is 1. The molecule has 5 nitrogen and oxygen atoms in total. The zero-order chi connectivity index (χ0) is 12.6. The summed E-state index contributed by atoms with van der Waals surface area (Å²) in [6.45, 7) is 1.78. The average Bonchev–Trinajstić information content (AvgIpc) is 2.85. The van der Waals surface area contributed by atoms with Gasteiger partial charge in [0.25, 0.3) is 0 Å². The number of ketones is 1. The van der Waals surface area contributed by atoms with Crippen LogP contribution in [0.1, 0.15) is 31.4 Å². The lowest BCUT2D eigenvalue weighted by atomic mass is 10.2. The van der Waals surface area contributed by atoms with Crippen LogP contribution in [0.5, 0.6) is 0 Å². The van der Waals surface area contributed by atoms with Crippen LogP contribution < -0.4 is 0 Å². The Hall–Kier alpha value is -1.66. The average molecular weight is 271 g/mol. The molecule has 7 heteroatoms. The zero-order valence-corrected chi connectivity index (χ0v) is 10.2. The highest BCUT2D eigenvalue weighted by atomic mass is 35.5. The molecule has 2 rings (SSSR count). The van der Waals surface area contributed by atoms with E-state index in [0.717, 1.165) is 16.9 Å². The van der Waals surface area contributed by atoms with Gasteiger partial charge in [-0.1, -0.05) is 11.6 Å². The molecule has 0 fully saturated rings. The lowest BCUT2D eigenvalue weighted by molar-refractivity contribution is 0.0687. The number of halogens is 1. The summed E-state index contributed by atoms with van der Waals surface area (Å²) in [5, 5.41) is 8.86. The molecular weight excluding hydrogens is 264 g/mol. The number of carbonyl (C=O) groups is 2. The SMILES string of the molecule is Cc1cc(C(=O)c2nc[nH]c2C(=O)O)sc1Cl. The fourth-order valence-electron chi connectivity index (χ4n) is 1.32. The van der Waals surface area contributed by atoms with Crippen molar-refractivity contribution in [3.63, 3.8) is 0 Å². The smallest absolute Gasteiger partial charge is 0.354 e. The van der Waals surface area contributed by atoms with Gasteiger partial charge in [-0.25, -0.2) is 9.78 Å². The molecule has 0 aliphatic rings. The van der Waals surface area contributed by atoms with E-state index in [1.807, 2.05) is 0 Å². The maximum atomic E-state index is 12.0. The molecule has 0 radical (unpaired) electrons. The standard InChI is InChI=1S/C10H7ClN2O3S/c1-4-2-5(17-9(4)11)8(14)6-7(10(15)16)13-3-12-6/h2-3H,1H3,(H,12,13)(H,15,16). The fourth-order valence-corrected chi connectivity index (χ4v) is 2.46. The van der Waals surface area contributed by atoms with E-state index in [9.17, 15) is 9.59 Å². The molecule has 0 saturated carbocycles. The Kier molecular flexibility index (Phi) is 2.99. The number of thiophene rings is 1. The van der Waals surface area contributed by atoms with E-state index in [-0.39, 0.29) is 11.4 Å². The number of carboxylic acid groups (broad SMARTS) is 1. The summed E-state index contributed by atoms with van der Waals surface area (Å²) < 4.78 is 0.515. The van der Waals surface area contributed by atoms with Gasteiger partial charge in [0.1, 0.15) is 5.69 Å². The first kappa shape index (κ1) is 11.8. The van der Waals surface area contributed by atoms with Crippen molar-refractivity contribution >= 4 is 34.7 Å². The molecule has 0 aromatic carbocycles. The summed E-state index contributed by atoms with van der Waals surface area (Å²) in [6, 6.07) is 1.62. The first-order chi connectivity index (χ1) is 8.00. The van der Waals surface area contributed by atoms with E-state index in [0.29, 0.717) is 9.21 Å². The van der Waals surface area contributed by atoms with Crippen molar-refractivity contribution in [2.75, 3.05) is 0 Å². The number of rotatable bonds is 3. The quantitative estimate of drug-likeness (QED) is 0.839. The van der Waals surface area contributed by atoms with Gasteiger partial charge in [0.2, 0.25) is 5.78 Å². The minimum absolute atomic E-state index is 0.101. The number of hydrogen-bond acceptors (Lipinski definition) is 4. The Balaban J connectivity index is 2.44. The van der Waals surface area contributed by atoms with Gasteiger partial charge in [0.15, 0.2) is 5.69 Å². The molecule has 2 aromatic rings. The topological polar surface area (TPSA) is 83.0 Å². The van der Waals surface area contributed by atoms with Gasteiger partial charge < -0.3 is 10.1 Å². The predicted octanol–water partition coefficient (Wildman–Crippen LogP) is 2.36. The second-order valence-corrected chi connectivity index (χ2v) is 4.98. The molecule has 2 heterocycles. The Morgan fingerprint density at radius 3 is 2.76 bits per heavy atom. The number of nitrogens with one attached hydrogen (secondary N) is 1. The molecule has 17 heavy (non-hydrogen) atoms. The molecule has 2 N–H and O–H groups in total. The first-order valence-electron chi connectivity index (χ1n) is 4.58. The Morgan fingerprint density at radius 2 is 2.24 bits per heavy atom. The summed E-state index contributed by atoms with van der Waals surface area (Å²) >= 11 is 6.97. The number of nitrogens with zero attached hydrogens (tertiary/aromatic N) is 1. The van der Waals surface area contributed by atoms with Crippen LogP contribution in [0.25, 0.3) is 0 Å². The maximum absolute atomic E-state index is 12.0. The molecule has 0 amide bonds. The van der Waals surface area contributed by atoms with Crippen LogP contribution in [0.15, 0.2) is 12.4 Å². The van der Waals surface area contributed by atoms with Crippen molar-refractivity contribution in [2.45, 2.75) is 6.92 Å². The van der Waals surface area contributed by atoms with Crippen LogP contribution in [-0.2, 0) is 0 Å². The molecule has 0 saturated heterocycles. The third-order valence-corrected chi connectivity index (χ3v) is 3.70. The maximum Gasteiger partial charge on any atom is 0.354 e. The Labute approximate surface area is 105 Å². The second-order valence-electron chi connectivity index (χ2n) is 3.33. The number of carboxylic acids is 1. The lowest BCUT2D eigenvalue weighted by Gasteiger charge is -1.94. The number of aryl methyl sites for hydroxylation is 1. The molecule has 0 bridgehead atoms. The van der Waals surface area contributed by atoms with Crippen molar-refractivity contribution in [1.29, 1.82) is 0 Å². The van der Waals surface area contributed by atoms with Crippen molar-refractivity contribution in [1.82, 2.24) is 9.97 Å². The third-order valence-electron chi connectivity index (χ3n) is 2.15. The predicted molar refractivity (Wildman–Crippen MR) is 63.0 cm³/mol. The van der Waals surface area contributed by atoms with E-state index in [1.54, 1.807) is 13.0 Å². The van der Waals surface area contributed by atoms with Gasteiger partial charge in [-0.2, -0.15) is 0 Å². The number of aromatic nitrogens is 2. The largest absolute Gasteiger partial charge is 0.477 e. The van der Waals surface area contributed by atoms with Crippen LogP contribution in [0.4, 0.5) is 0 Å². The molecular formula is C10H7ClN2O3S. The molecule has 0 spiro atoms. The number of carbonyl (C=O) groups excluding carboxylic acids is 1. The summed E-state index contributed by atoms with van der Waals surface area (Å²) in [5.41, 5.74) is 0.472. The highest BCUT2D eigenvalue weighted by molar-refractivity contribution is 7.18. The molecule has 88 valence electrons. The molecule has 0 aliphatic carbocycles. The van der Waals surface area contributed by atoms with Gasteiger partial charge in [0, 0.05) is 0 Å². The Morgan fingerprint density at radius 1 is 1.53 bits per heavy atom. The summed E-state index contributed by atoms with van der Waals surface area (Å²) in [5.74, 6) is -1.66. The highest BCUT2D eigenvalue weighted by Gasteiger charge is 2.22. The minimum Gasteiger partial charge on any atom is -0.477 e. The van der Waals surface area contributed by atoms with Gasteiger partial charge in [0.05, 0.1) is 15.5 Å². The molecule has 0 atom stereocenters. The monoisotopic (exact) mass is 270 g/mol. The first-order valence-corrected chi connectivity index (χ1v) is 5.77. The number of aromatic amines is 1. The zero-order valence-electron chi connectivity index (χ0n) is 8.65. The van der Waals surface area contributed by atoms with Gasteiger partial charge in [-0.3, -0.25) is 4.79 Å². The van der Waals surface area contributed by atoms with Crippen molar-refractivity contribution < 1.29 is 14.7 Å². The summed E-state index contributed by atoms with van der Waals surface area (Å²) in [6.07, 6.45) is 1.18.